The highest BCUT2D eigenvalue weighted by Crippen LogP contribution is 2.25. The lowest BCUT2D eigenvalue weighted by atomic mass is 10.2. The van der Waals surface area contributed by atoms with Crippen molar-refractivity contribution >= 4 is 16.1 Å². The van der Waals surface area contributed by atoms with Crippen LogP contribution in [0.4, 0.5) is 4.79 Å². The van der Waals surface area contributed by atoms with Crippen molar-refractivity contribution in [1.82, 2.24) is 19.1 Å². The number of carbonyl (C=O) groups excluding carboxylic acids is 1. The molecule has 1 aromatic carbocycles. The highest BCUT2D eigenvalue weighted by atomic mass is 32.2. The number of sulfonamides is 1. The molecule has 7 nitrogen and oxygen atoms in total. The molecule has 1 aromatic heterocycles. The second-order valence-corrected chi connectivity index (χ2v) is 8.45. The lowest BCUT2D eigenvalue weighted by Crippen LogP contribution is -2.53. The number of aromatic nitrogens is 1. The number of nitrogens with zero attached hydrogens (tertiary/aromatic N) is 4. The van der Waals surface area contributed by atoms with E-state index in [2.05, 4.69) is 4.98 Å². The van der Waals surface area contributed by atoms with Crippen LogP contribution in [-0.4, -0.2) is 65.8 Å². The lowest BCUT2D eigenvalue weighted by molar-refractivity contribution is 0.159. The van der Waals surface area contributed by atoms with E-state index in [4.69, 9.17) is 0 Å². The quantitative estimate of drug-likeness (QED) is 0.813. The summed E-state index contributed by atoms with van der Waals surface area (Å²) >= 11 is 0. The Labute approximate surface area is 152 Å². The van der Waals surface area contributed by atoms with Crippen molar-refractivity contribution in [2.24, 2.45) is 0 Å². The Morgan fingerprint density at radius 2 is 1.77 bits per heavy atom. The van der Waals surface area contributed by atoms with Crippen molar-refractivity contribution in [2.45, 2.75) is 17.5 Å². The largest absolute Gasteiger partial charge is 0.320 e. The summed E-state index contributed by atoms with van der Waals surface area (Å²) in [6.45, 7) is 2.00. The Morgan fingerprint density at radius 1 is 1.00 bits per heavy atom. The van der Waals surface area contributed by atoms with Gasteiger partial charge in [0.15, 0.2) is 0 Å². The third kappa shape index (κ3) is 3.06. The molecule has 26 heavy (non-hydrogen) atoms. The summed E-state index contributed by atoms with van der Waals surface area (Å²) in [6.07, 6.45) is 1.71. The minimum absolute atomic E-state index is 0.0441. The molecule has 1 atom stereocenters. The van der Waals surface area contributed by atoms with Crippen LogP contribution in [0.15, 0.2) is 59.6 Å². The molecule has 0 unspecified atom stereocenters. The number of rotatable bonds is 4. The molecular formula is C18H20N4O3S. The topological polar surface area (TPSA) is 73.8 Å². The first-order valence-corrected chi connectivity index (χ1v) is 10.0. The van der Waals surface area contributed by atoms with Gasteiger partial charge in [0.25, 0.3) is 0 Å². The summed E-state index contributed by atoms with van der Waals surface area (Å²) < 4.78 is 27.1. The van der Waals surface area contributed by atoms with Gasteiger partial charge < -0.3 is 9.80 Å². The van der Waals surface area contributed by atoms with E-state index in [0.29, 0.717) is 37.6 Å². The molecule has 3 heterocycles. The van der Waals surface area contributed by atoms with Gasteiger partial charge in [-0.3, -0.25) is 4.98 Å². The highest BCUT2D eigenvalue weighted by Gasteiger charge is 2.43. The first-order valence-electron chi connectivity index (χ1n) is 8.56. The molecule has 2 aliphatic heterocycles. The maximum Gasteiger partial charge on any atom is 0.320 e. The molecule has 0 saturated carbocycles. The Bertz CT molecular complexity index is 889. The molecule has 0 aliphatic carbocycles. The Hall–Kier alpha value is -2.45. The fourth-order valence-electron chi connectivity index (χ4n) is 3.53. The zero-order valence-corrected chi connectivity index (χ0v) is 15.0. The third-order valence-corrected chi connectivity index (χ3v) is 6.73. The Balaban J connectivity index is 1.48. The van der Waals surface area contributed by atoms with E-state index in [0.717, 1.165) is 5.69 Å². The number of hydrogen-bond donors (Lipinski definition) is 0. The molecule has 2 aliphatic rings. The van der Waals surface area contributed by atoms with Gasteiger partial charge in [-0.15, -0.1) is 0 Å². The summed E-state index contributed by atoms with van der Waals surface area (Å²) in [6, 6.07) is 13.9. The second kappa shape index (κ2) is 6.69. The molecule has 2 saturated heterocycles. The van der Waals surface area contributed by atoms with E-state index in [1.807, 2.05) is 18.2 Å². The highest BCUT2D eigenvalue weighted by molar-refractivity contribution is 7.89. The molecule has 0 bridgehead atoms. The normalized spacial score (nSPS) is 21.1. The molecule has 4 rings (SSSR count). The van der Waals surface area contributed by atoms with Crippen LogP contribution < -0.4 is 0 Å². The summed E-state index contributed by atoms with van der Waals surface area (Å²) in [7, 11) is -3.53. The summed E-state index contributed by atoms with van der Waals surface area (Å²) in [5.74, 6) is 0. The molecule has 136 valence electrons. The monoisotopic (exact) mass is 372 g/mol. The lowest BCUT2D eigenvalue weighted by Gasteiger charge is -2.35. The van der Waals surface area contributed by atoms with Crippen molar-refractivity contribution in [3.05, 3.63) is 60.4 Å². The Kier molecular flexibility index (Phi) is 4.37. The van der Waals surface area contributed by atoms with E-state index in [-0.39, 0.29) is 12.1 Å². The SMILES string of the molecule is O=C1N(Cc2ccccn2)C[C@H]2CN(S(=O)(=O)c3ccccc3)CCN12. The van der Waals surface area contributed by atoms with Crippen molar-refractivity contribution < 1.29 is 13.2 Å². The minimum atomic E-state index is -3.53. The van der Waals surface area contributed by atoms with E-state index in [9.17, 15) is 13.2 Å². The number of fused-ring (bicyclic) bond motifs is 1. The van der Waals surface area contributed by atoms with Crippen LogP contribution in [0.1, 0.15) is 5.69 Å². The van der Waals surface area contributed by atoms with Gasteiger partial charge in [-0.1, -0.05) is 24.3 Å². The maximum atomic E-state index is 12.8. The standard InChI is InChI=1S/C18H20N4O3S/c23-18-20(12-15-6-4-5-9-19-15)13-16-14-21(10-11-22(16)18)26(24,25)17-7-2-1-3-8-17/h1-9,16H,10-14H2/t16-/m0/s1. The van der Waals surface area contributed by atoms with Gasteiger partial charge in [-0.2, -0.15) is 4.31 Å². The van der Waals surface area contributed by atoms with E-state index in [1.54, 1.807) is 46.3 Å². The van der Waals surface area contributed by atoms with Gasteiger partial charge in [0, 0.05) is 32.4 Å². The molecule has 2 aromatic rings. The fraction of sp³-hybridized carbons (Fsp3) is 0.333. The van der Waals surface area contributed by atoms with Gasteiger partial charge in [0.1, 0.15) is 0 Å². The van der Waals surface area contributed by atoms with E-state index in [1.165, 1.54) is 4.31 Å². The first-order chi connectivity index (χ1) is 12.6. The van der Waals surface area contributed by atoms with Gasteiger partial charge >= 0.3 is 6.03 Å². The molecule has 0 spiro atoms. The summed E-state index contributed by atoms with van der Waals surface area (Å²) in [5.41, 5.74) is 0.828. The number of amides is 2. The molecule has 2 fully saturated rings. The number of benzene rings is 1. The van der Waals surface area contributed by atoms with Gasteiger partial charge in [-0.25, -0.2) is 13.2 Å². The average molecular weight is 372 g/mol. The van der Waals surface area contributed by atoms with Crippen LogP contribution in [0.3, 0.4) is 0 Å². The molecule has 0 radical (unpaired) electrons. The van der Waals surface area contributed by atoms with Gasteiger partial charge in [-0.05, 0) is 24.3 Å². The van der Waals surface area contributed by atoms with Crippen LogP contribution in [0, 0.1) is 0 Å². The van der Waals surface area contributed by atoms with Gasteiger partial charge in [0.05, 0.1) is 23.2 Å². The van der Waals surface area contributed by atoms with Crippen molar-refractivity contribution in [1.29, 1.82) is 0 Å². The fourth-order valence-corrected chi connectivity index (χ4v) is 5.02. The molecule has 0 N–H and O–H groups in total. The summed E-state index contributed by atoms with van der Waals surface area (Å²) in [5, 5.41) is 0. The van der Waals surface area contributed by atoms with Crippen LogP contribution in [0.2, 0.25) is 0 Å². The number of carbonyl (C=O) groups is 1. The number of pyridine rings is 1. The summed E-state index contributed by atoms with van der Waals surface area (Å²) in [4.78, 5) is 20.7. The molecule has 8 heteroatoms. The van der Waals surface area contributed by atoms with Crippen molar-refractivity contribution in [2.75, 3.05) is 26.2 Å². The maximum absolute atomic E-state index is 12.8. The number of hydrogen-bond acceptors (Lipinski definition) is 4. The van der Waals surface area contributed by atoms with Crippen LogP contribution in [0.25, 0.3) is 0 Å². The van der Waals surface area contributed by atoms with Crippen LogP contribution in [0.5, 0.6) is 0 Å². The predicted octanol–water partition coefficient (Wildman–Crippen LogP) is 1.39. The second-order valence-electron chi connectivity index (χ2n) is 6.51. The van der Waals surface area contributed by atoms with E-state index >= 15 is 0 Å². The predicted molar refractivity (Wildman–Crippen MR) is 95.7 cm³/mol. The van der Waals surface area contributed by atoms with Crippen LogP contribution in [-0.2, 0) is 16.6 Å². The zero-order chi connectivity index (χ0) is 18.1. The van der Waals surface area contributed by atoms with Crippen molar-refractivity contribution in [3.8, 4) is 0 Å². The third-order valence-electron chi connectivity index (χ3n) is 4.85. The molecule has 2 amide bonds. The smallest absolute Gasteiger partial charge is 0.317 e. The Morgan fingerprint density at radius 3 is 2.50 bits per heavy atom. The number of piperazine rings is 1. The molecular weight excluding hydrogens is 352 g/mol. The van der Waals surface area contributed by atoms with Crippen LogP contribution >= 0.6 is 0 Å². The first kappa shape index (κ1) is 17.0. The average Bonchev–Trinajstić information content (AvgIpc) is 2.98. The van der Waals surface area contributed by atoms with Gasteiger partial charge in [0.2, 0.25) is 10.0 Å². The van der Waals surface area contributed by atoms with Crippen molar-refractivity contribution in [3.63, 3.8) is 0 Å². The minimum Gasteiger partial charge on any atom is -0.317 e. The van der Waals surface area contributed by atoms with E-state index < -0.39 is 10.0 Å². The zero-order valence-electron chi connectivity index (χ0n) is 14.2. The number of urea groups is 1.